The van der Waals surface area contributed by atoms with E-state index >= 15 is 0 Å². The van der Waals surface area contributed by atoms with Crippen LogP contribution in [0, 0.1) is 0 Å². The molecule has 11 heteroatoms. The summed E-state index contributed by atoms with van der Waals surface area (Å²) < 4.78 is 38.9. The highest BCUT2D eigenvalue weighted by atomic mass is 79.9. The molecule has 2 N–H and O–H groups in total. The Morgan fingerprint density at radius 2 is 1.93 bits per heavy atom. The second-order valence-electron chi connectivity index (χ2n) is 6.16. The third-order valence-electron chi connectivity index (χ3n) is 4.05. The molecule has 1 aromatic heterocycles. The molecule has 2 heterocycles. The van der Waals surface area contributed by atoms with Gasteiger partial charge < -0.3 is 15.2 Å². The van der Waals surface area contributed by atoms with E-state index in [4.69, 9.17) is 15.2 Å². The van der Waals surface area contributed by atoms with E-state index in [0.29, 0.717) is 25.1 Å². The number of rotatable bonds is 7. The van der Waals surface area contributed by atoms with Gasteiger partial charge in [0.1, 0.15) is 11.9 Å². The van der Waals surface area contributed by atoms with E-state index in [2.05, 4.69) is 25.9 Å². The highest BCUT2D eigenvalue weighted by Crippen LogP contribution is 2.24. The molecule has 0 spiro atoms. The van der Waals surface area contributed by atoms with E-state index < -0.39 is 15.9 Å². The van der Waals surface area contributed by atoms with E-state index in [1.165, 1.54) is 28.6 Å². The summed E-state index contributed by atoms with van der Waals surface area (Å²) in [6, 6.07) is 6.07. The van der Waals surface area contributed by atoms with Gasteiger partial charge in [-0.15, -0.1) is 0 Å². The summed E-state index contributed by atoms with van der Waals surface area (Å²) in [4.78, 5) is 19.0. The number of sulfonamides is 1. The molecule has 1 aliphatic rings. The minimum atomic E-state index is -3.68. The fourth-order valence-electron chi connectivity index (χ4n) is 2.74. The number of ether oxygens (including phenoxy) is 2. The molecular formula is C17H19BrN4O5S. The molecule has 2 aromatic rings. The van der Waals surface area contributed by atoms with Crippen molar-refractivity contribution >= 4 is 31.9 Å². The van der Waals surface area contributed by atoms with Crippen LogP contribution in [0.25, 0.3) is 0 Å². The van der Waals surface area contributed by atoms with Gasteiger partial charge in [-0.25, -0.2) is 18.4 Å². The van der Waals surface area contributed by atoms with Gasteiger partial charge in [0.15, 0.2) is 6.61 Å². The summed E-state index contributed by atoms with van der Waals surface area (Å²) in [6.07, 6.45) is 4.19. The summed E-state index contributed by atoms with van der Waals surface area (Å²) in [5, 5.41) is 0. The minimum absolute atomic E-state index is 0.138. The molecule has 1 aromatic carbocycles. The second kappa shape index (κ2) is 8.84. The predicted octanol–water partition coefficient (Wildman–Crippen LogP) is 1.34. The van der Waals surface area contributed by atoms with E-state index in [1.807, 2.05) is 0 Å². The van der Waals surface area contributed by atoms with Crippen LogP contribution in [0.5, 0.6) is 11.8 Å². The van der Waals surface area contributed by atoms with Gasteiger partial charge in [-0.3, -0.25) is 4.79 Å². The number of hydrogen-bond donors (Lipinski definition) is 1. The second-order valence-corrected chi connectivity index (χ2v) is 9.01. The number of nitrogens with zero attached hydrogens (tertiary/aromatic N) is 3. The van der Waals surface area contributed by atoms with Crippen LogP contribution >= 0.6 is 15.9 Å². The SMILES string of the molecule is NC(=O)COc1ccc(S(=O)(=O)N2CCCC(Oc3ncc(Br)cn3)C2)cc1. The zero-order valence-corrected chi connectivity index (χ0v) is 17.2. The third kappa shape index (κ3) is 5.18. The first-order chi connectivity index (χ1) is 13.3. The van der Waals surface area contributed by atoms with Crippen molar-refractivity contribution in [3.8, 4) is 11.8 Å². The van der Waals surface area contributed by atoms with E-state index in [0.717, 1.165) is 4.47 Å². The quantitative estimate of drug-likeness (QED) is 0.646. The molecule has 1 unspecified atom stereocenters. The maximum absolute atomic E-state index is 12.9. The summed E-state index contributed by atoms with van der Waals surface area (Å²) in [5.41, 5.74) is 5.02. The van der Waals surface area contributed by atoms with E-state index in [1.54, 1.807) is 12.4 Å². The fraction of sp³-hybridized carbons (Fsp3) is 0.353. The van der Waals surface area contributed by atoms with Crippen LogP contribution in [0.4, 0.5) is 0 Å². The van der Waals surface area contributed by atoms with Gasteiger partial charge in [0.25, 0.3) is 5.91 Å². The molecule has 9 nitrogen and oxygen atoms in total. The standard InChI is InChI=1S/C17H19BrN4O5S/c18-12-8-20-17(21-9-12)27-14-2-1-7-22(10-14)28(24,25)15-5-3-13(4-6-15)26-11-16(19)23/h3-6,8-9,14H,1-2,7,10-11H2,(H2,19,23). The zero-order valence-electron chi connectivity index (χ0n) is 14.8. The molecule has 0 saturated carbocycles. The molecule has 150 valence electrons. The number of aromatic nitrogens is 2. The Morgan fingerprint density at radius 1 is 1.25 bits per heavy atom. The molecule has 0 aliphatic carbocycles. The van der Waals surface area contributed by atoms with Crippen LogP contribution in [0.1, 0.15) is 12.8 Å². The average Bonchev–Trinajstić information content (AvgIpc) is 2.69. The summed E-state index contributed by atoms with van der Waals surface area (Å²) in [5.74, 6) is -0.240. The zero-order chi connectivity index (χ0) is 20.1. The lowest BCUT2D eigenvalue weighted by Crippen LogP contribution is -2.44. The number of carbonyl (C=O) groups excluding carboxylic acids is 1. The molecule has 1 fully saturated rings. The highest BCUT2D eigenvalue weighted by Gasteiger charge is 2.31. The largest absolute Gasteiger partial charge is 0.484 e. The smallest absolute Gasteiger partial charge is 0.316 e. The van der Waals surface area contributed by atoms with Gasteiger partial charge in [-0.2, -0.15) is 4.31 Å². The predicted molar refractivity (Wildman–Crippen MR) is 103 cm³/mol. The Balaban J connectivity index is 1.67. The molecule has 1 saturated heterocycles. The summed E-state index contributed by atoms with van der Waals surface area (Å²) in [6.45, 7) is 0.348. The van der Waals surface area contributed by atoms with Crippen LogP contribution in [0.3, 0.4) is 0 Å². The van der Waals surface area contributed by atoms with E-state index in [9.17, 15) is 13.2 Å². The number of amides is 1. The summed E-state index contributed by atoms with van der Waals surface area (Å²) >= 11 is 3.25. The number of hydrogen-bond acceptors (Lipinski definition) is 7. The first-order valence-electron chi connectivity index (χ1n) is 8.50. The number of nitrogens with two attached hydrogens (primary N) is 1. The molecular weight excluding hydrogens is 452 g/mol. The van der Waals surface area contributed by atoms with Crippen molar-refractivity contribution in [2.24, 2.45) is 5.73 Å². The van der Waals surface area contributed by atoms with Gasteiger partial charge in [0.2, 0.25) is 10.0 Å². The minimum Gasteiger partial charge on any atom is -0.484 e. The monoisotopic (exact) mass is 470 g/mol. The first kappa shape index (κ1) is 20.5. The Hall–Kier alpha value is -2.24. The average molecular weight is 471 g/mol. The molecule has 1 atom stereocenters. The Labute approximate surface area is 171 Å². The van der Waals surface area contributed by atoms with Crippen molar-refractivity contribution in [3.05, 3.63) is 41.1 Å². The van der Waals surface area contributed by atoms with Crippen LogP contribution in [-0.4, -0.2) is 54.4 Å². The number of piperidine rings is 1. The van der Waals surface area contributed by atoms with Gasteiger partial charge in [-0.05, 0) is 53.0 Å². The van der Waals surface area contributed by atoms with Crippen molar-refractivity contribution in [1.29, 1.82) is 0 Å². The van der Waals surface area contributed by atoms with Gasteiger partial charge >= 0.3 is 6.01 Å². The Morgan fingerprint density at radius 3 is 2.57 bits per heavy atom. The first-order valence-corrected chi connectivity index (χ1v) is 10.7. The van der Waals surface area contributed by atoms with E-state index in [-0.39, 0.29) is 30.2 Å². The van der Waals surface area contributed by atoms with Gasteiger partial charge in [0, 0.05) is 18.9 Å². The van der Waals surface area contributed by atoms with Gasteiger partial charge in [-0.1, -0.05) is 0 Å². The normalized spacial score (nSPS) is 17.8. The van der Waals surface area contributed by atoms with Crippen molar-refractivity contribution in [1.82, 2.24) is 14.3 Å². The lowest BCUT2D eigenvalue weighted by Gasteiger charge is -2.31. The lowest BCUT2D eigenvalue weighted by atomic mass is 10.1. The molecule has 1 amide bonds. The molecule has 0 bridgehead atoms. The van der Waals surface area contributed by atoms with Crippen LogP contribution in [0.15, 0.2) is 46.0 Å². The van der Waals surface area contributed by atoms with Crippen LogP contribution in [-0.2, 0) is 14.8 Å². The highest BCUT2D eigenvalue weighted by molar-refractivity contribution is 9.10. The van der Waals surface area contributed by atoms with Crippen LogP contribution < -0.4 is 15.2 Å². The summed E-state index contributed by atoms with van der Waals surface area (Å²) in [7, 11) is -3.68. The van der Waals surface area contributed by atoms with Crippen molar-refractivity contribution in [2.45, 2.75) is 23.8 Å². The van der Waals surface area contributed by atoms with Gasteiger partial charge in [0.05, 0.1) is 15.9 Å². The Bertz CT molecular complexity index is 922. The maximum Gasteiger partial charge on any atom is 0.316 e. The maximum atomic E-state index is 12.9. The van der Waals surface area contributed by atoms with Crippen molar-refractivity contribution < 1.29 is 22.7 Å². The molecule has 0 radical (unpaired) electrons. The molecule has 1 aliphatic heterocycles. The number of primary amides is 1. The lowest BCUT2D eigenvalue weighted by molar-refractivity contribution is -0.119. The number of carbonyl (C=O) groups is 1. The topological polar surface area (TPSA) is 125 Å². The third-order valence-corrected chi connectivity index (χ3v) is 6.34. The number of halogens is 1. The molecule has 28 heavy (non-hydrogen) atoms. The fourth-order valence-corrected chi connectivity index (χ4v) is 4.46. The molecule has 3 rings (SSSR count). The Kier molecular flexibility index (Phi) is 6.47. The number of benzene rings is 1. The van der Waals surface area contributed by atoms with Crippen molar-refractivity contribution in [3.63, 3.8) is 0 Å². The van der Waals surface area contributed by atoms with Crippen molar-refractivity contribution in [2.75, 3.05) is 19.7 Å². The van der Waals surface area contributed by atoms with Crippen LogP contribution in [0.2, 0.25) is 0 Å².